The Morgan fingerprint density at radius 3 is 2.63 bits per heavy atom. The molecule has 4 heterocycles. The molecule has 1 aromatic carbocycles. The van der Waals surface area contributed by atoms with Gasteiger partial charge in [-0.05, 0) is 39.3 Å². The minimum Gasteiger partial charge on any atom is -0.349 e. The highest BCUT2D eigenvalue weighted by Gasteiger charge is 2.40. The average Bonchev–Trinajstić information content (AvgIpc) is 3.49. The number of aromatic nitrogens is 2. The number of hydrogen-bond acceptors (Lipinski definition) is 8. The zero-order valence-corrected chi connectivity index (χ0v) is 26.4. The summed E-state index contributed by atoms with van der Waals surface area (Å²) in [7, 11) is 5.10. The van der Waals surface area contributed by atoms with E-state index in [2.05, 4.69) is 14.9 Å². The topological polar surface area (TPSA) is 113 Å². The number of likely N-dealkylation sites (N-methyl/N-ethyl adjacent to an activating group) is 1. The highest BCUT2D eigenvalue weighted by Crippen LogP contribution is 2.33. The first kappa shape index (κ1) is 29.9. The first-order valence-electron chi connectivity index (χ1n) is 13.5. The van der Waals surface area contributed by atoms with Gasteiger partial charge in [-0.3, -0.25) is 9.59 Å². The molecule has 1 atom stereocenters. The van der Waals surface area contributed by atoms with E-state index >= 15 is 0 Å². The molecule has 0 spiro atoms. The van der Waals surface area contributed by atoms with Gasteiger partial charge in [0.1, 0.15) is 0 Å². The number of benzene rings is 1. The largest absolute Gasteiger partial charge is 0.349 e. The summed E-state index contributed by atoms with van der Waals surface area (Å²) in [5.41, 5.74) is 2.26. The maximum atomic E-state index is 14.1. The third-order valence-corrected chi connectivity index (χ3v) is 10.8. The van der Waals surface area contributed by atoms with Crippen LogP contribution in [0, 0.1) is 0 Å². The number of H-pyrrole nitrogens is 1. The van der Waals surface area contributed by atoms with Gasteiger partial charge in [-0.2, -0.15) is 4.31 Å². The Morgan fingerprint density at radius 2 is 1.93 bits per heavy atom. The van der Waals surface area contributed by atoms with E-state index in [1.807, 2.05) is 26.0 Å². The molecule has 1 fully saturated rings. The molecule has 0 saturated carbocycles. The maximum absolute atomic E-state index is 14.1. The number of hydrogen-bond donors (Lipinski definition) is 1. The number of carbonyl (C=O) groups excluding carboxylic acids is 2. The second-order valence-electron chi connectivity index (χ2n) is 11.2. The minimum absolute atomic E-state index is 0.000986. The Kier molecular flexibility index (Phi) is 8.48. The van der Waals surface area contributed by atoms with Gasteiger partial charge in [-0.15, -0.1) is 11.3 Å². The van der Waals surface area contributed by atoms with Crippen molar-refractivity contribution in [2.45, 2.75) is 37.0 Å². The lowest BCUT2D eigenvalue weighted by atomic mass is 10.1. The summed E-state index contributed by atoms with van der Waals surface area (Å²) in [6.45, 7) is 2.28. The SMILES string of the molecule is CN(C)Cc1c(S(=O)(=O)N2CCN(C(=O)c3nc4c(s3)CN(C)CC4)C(CC(=O)N(C)C)C2)[nH]c2ccc(Cl)cc12. The molecular weight excluding hydrogens is 586 g/mol. The predicted molar refractivity (Wildman–Crippen MR) is 160 cm³/mol. The van der Waals surface area contributed by atoms with Gasteiger partial charge in [0.25, 0.3) is 15.9 Å². The molecule has 1 N–H and O–H groups in total. The van der Waals surface area contributed by atoms with Crippen molar-refractivity contribution < 1.29 is 18.0 Å². The Hall–Kier alpha value is -2.55. The van der Waals surface area contributed by atoms with Crippen LogP contribution in [0.3, 0.4) is 0 Å². The van der Waals surface area contributed by atoms with E-state index in [1.165, 1.54) is 20.5 Å². The van der Waals surface area contributed by atoms with E-state index in [1.54, 1.807) is 37.2 Å². The predicted octanol–water partition coefficient (Wildman–Crippen LogP) is 2.32. The number of amides is 2. The summed E-state index contributed by atoms with van der Waals surface area (Å²) in [5, 5.41) is 1.77. The van der Waals surface area contributed by atoms with Crippen molar-refractivity contribution >= 4 is 55.7 Å². The van der Waals surface area contributed by atoms with E-state index < -0.39 is 16.1 Å². The minimum atomic E-state index is -4.00. The molecule has 2 aromatic heterocycles. The molecule has 222 valence electrons. The number of sulfonamides is 1. The highest BCUT2D eigenvalue weighted by molar-refractivity contribution is 7.89. The Bertz CT molecular complexity index is 1580. The quantitative estimate of drug-likeness (QED) is 0.431. The molecular formula is C27H36ClN7O4S2. The van der Waals surface area contributed by atoms with Crippen LogP contribution in [0.15, 0.2) is 23.2 Å². The van der Waals surface area contributed by atoms with Crippen LogP contribution in [-0.4, -0.2) is 122 Å². The van der Waals surface area contributed by atoms with E-state index in [-0.39, 0.29) is 42.9 Å². The summed E-state index contributed by atoms with van der Waals surface area (Å²) in [6.07, 6.45) is 0.792. The van der Waals surface area contributed by atoms with Crippen LogP contribution >= 0.6 is 22.9 Å². The molecule has 1 unspecified atom stereocenters. The lowest BCUT2D eigenvalue weighted by Gasteiger charge is -2.40. The van der Waals surface area contributed by atoms with Crippen molar-refractivity contribution in [1.29, 1.82) is 0 Å². The Labute approximate surface area is 249 Å². The van der Waals surface area contributed by atoms with Gasteiger partial charge in [0.2, 0.25) is 5.91 Å². The number of rotatable bonds is 7. The van der Waals surface area contributed by atoms with E-state index in [0.29, 0.717) is 27.7 Å². The number of halogens is 1. The van der Waals surface area contributed by atoms with E-state index in [9.17, 15) is 18.0 Å². The molecule has 3 aromatic rings. The fourth-order valence-electron chi connectivity index (χ4n) is 5.43. The van der Waals surface area contributed by atoms with Gasteiger partial charge < -0.3 is 24.6 Å². The molecule has 41 heavy (non-hydrogen) atoms. The first-order chi connectivity index (χ1) is 19.3. The molecule has 0 bridgehead atoms. The Morgan fingerprint density at radius 1 is 1.17 bits per heavy atom. The number of piperazine rings is 1. The van der Waals surface area contributed by atoms with Crippen LogP contribution in [0.5, 0.6) is 0 Å². The lowest BCUT2D eigenvalue weighted by molar-refractivity contribution is -0.130. The fraction of sp³-hybridized carbons (Fsp3) is 0.519. The van der Waals surface area contributed by atoms with E-state index in [4.69, 9.17) is 11.6 Å². The van der Waals surface area contributed by atoms with Crippen LogP contribution in [0.25, 0.3) is 10.9 Å². The monoisotopic (exact) mass is 621 g/mol. The summed E-state index contributed by atoms with van der Waals surface area (Å²) < 4.78 is 29.7. The van der Waals surface area contributed by atoms with Gasteiger partial charge in [0, 0.05) is 92.6 Å². The van der Waals surface area contributed by atoms with Crippen molar-refractivity contribution in [3.8, 4) is 0 Å². The number of nitrogens with zero attached hydrogens (tertiary/aromatic N) is 6. The second kappa shape index (κ2) is 11.6. The molecule has 2 aliphatic rings. The Balaban J connectivity index is 1.47. The van der Waals surface area contributed by atoms with Crippen molar-refractivity contribution in [2.24, 2.45) is 0 Å². The molecule has 2 amide bonds. The second-order valence-corrected chi connectivity index (χ2v) is 14.6. The van der Waals surface area contributed by atoms with Crippen molar-refractivity contribution in [3.63, 3.8) is 0 Å². The third-order valence-electron chi connectivity index (χ3n) is 7.62. The number of thiazole rings is 1. The number of fused-ring (bicyclic) bond motifs is 2. The molecule has 14 heteroatoms. The van der Waals surface area contributed by atoms with Gasteiger partial charge >= 0.3 is 0 Å². The molecule has 0 aliphatic carbocycles. The van der Waals surface area contributed by atoms with Crippen LogP contribution in [0.4, 0.5) is 0 Å². The average molecular weight is 622 g/mol. The normalized spacial score (nSPS) is 18.7. The number of nitrogens with one attached hydrogen (secondary N) is 1. The van der Waals surface area contributed by atoms with Crippen LogP contribution in [0.1, 0.15) is 32.4 Å². The summed E-state index contributed by atoms with van der Waals surface area (Å²) in [5.74, 6) is -0.435. The van der Waals surface area contributed by atoms with Crippen molar-refractivity contribution in [1.82, 2.24) is 33.9 Å². The smallest absolute Gasteiger partial charge is 0.283 e. The highest BCUT2D eigenvalue weighted by atomic mass is 35.5. The number of aromatic amines is 1. The standard InChI is InChI=1S/C27H36ClN7O4S2/c1-31(2)15-20-19-12-17(28)6-7-21(19)30-26(20)41(38,39)34-10-11-35(18(14-34)13-24(36)32(3)4)27(37)25-29-22-8-9-33(5)16-23(22)40-25/h6-7,12,18,30H,8-11,13-16H2,1-5H3. The van der Waals surface area contributed by atoms with Gasteiger partial charge in [-0.1, -0.05) is 11.6 Å². The zero-order valence-electron chi connectivity index (χ0n) is 24.0. The molecule has 0 radical (unpaired) electrons. The van der Waals surface area contributed by atoms with Crippen molar-refractivity contribution in [2.75, 3.05) is 61.4 Å². The first-order valence-corrected chi connectivity index (χ1v) is 16.1. The van der Waals surface area contributed by atoms with Gasteiger partial charge in [0.15, 0.2) is 10.0 Å². The lowest BCUT2D eigenvalue weighted by Crippen LogP contribution is -2.57. The molecule has 2 aliphatic heterocycles. The van der Waals surface area contributed by atoms with Gasteiger partial charge in [0.05, 0.1) is 11.7 Å². The maximum Gasteiger partial charge on any atom is 0.283 e. The molecule has 1 saturated heterocycles. The summed E-state index contributed by atoms with van der Waals surface area (Å²) in [6, 6.07) is 4.63. The summed E-state index contributed by atoms with van der Waals surface area (Å²) in [4.78, 5) is 42.6. The zero-order chi connectivity index (χ0) is 29.6. The molecule has 5 rings (SSSR count). The third kappa shape index (κ3) is 6.02. The van der Waals surface area contributed by atoms with Crippen LogP contribution < -0.4 is 0 Å². The van der Waals surface area contributed by atoms with Gasteiger partial charge in [-0.25, -0.2) is 13.4 Å². The molecule has 11 nitrogen and oxygen atoms in total. The number of carbonyl (C=O) groups is 2. The van der Waals surface area contributed by atoms with Crippen molar-refractivity contribution in [3.05, 3.63) is 44.4 Å². The summed E-state index contributed by atoms with van der Waals surface area (Å²) >= 11 is 7.65. The van der Waals surface area contributed by atoms with E-state index in [0.717, 1.165) is 35.5 Å². The fourth-order valence-corrected chi connectivity index (χ4v) is 8.42. The van der Waals surface area contributed by atoms with Crippen LogP contribution in [0.2, 0.25) is 5.02 Å². The van der Waals surface area contributed by atoms with Crippen LogP contribution in [-0.2, 0) is 34.3 Å².